The molecule has 1 aliphatic carbocycles. The SMILES string of the molecule is CCCOC(OC1CCC(C(=O)OCC)CC1)(C(=O)Cc1cc(Cl)c(NC(=O)c2cn(C)c3ccccc23)cc1F)N1CCCC1. The van der Waals surface area contributed by atoms with E-state index in [-0.39, 0.29) is 47.3 Å². The van der Waals surface area contributed by atoms with Crippen LogP contribution in [0.15, 0.2) is 42.6 Å². The number of nitrogens with one attached hydrogen (secondary N) is 1. The van der Waals surface area contributed by atoms with Crippen molar-refractivity contribution in [3.63, 3.8) is 0 Å². The van der Waals surface area contributed by atoms with Crippen LogP contribution in [-0.2, 0) is 37.3 Å². The monoisotopic (exact) mass is 655 g/mol. The van der Waals surface area contributed by atoms with Crippen LogP contribution in [0.5, 0.6) is 0 Å². The average Bonchev–Trinajstić information content (AvgIpc) is 3.71. The van der Waals surface area contributed by atoms with Crippen molar-refractivity contribution in [2.75, 3.05) is 31.6 Å². The van der Waals surface area contributed by atoms with Crippen LogP contribution in [0.3, 0.4) is 0 Å². The highest BCUT2D eigenvalue weighted by Crippen LogP contribution is 2.36. The van der Waals surface area contributed by atoms with Gasteiger partial charge in [-0.1, -0.05) is 36.7 Å². The van der Waals surface area contributed by atoms with Gasteiger partial charge in [-0.3, -0.25) is 14.4 Å². The molecule has 1 saturated heterocycles. The summed E-state index contributed by atoms with van der Waals surface area (Å²) in [4.78, 5) is 41.7. The van der Waals surface area contributed by atoms with Gasteiger partial charge >= 0.3 is 5.97 Å². The first-order valence-corrected chi connectivity index (χ1v) is 16.6. The van der Waals surface area contributed by atoms with Gasteiger partial charge in [-0.2, -0.15) is 0 Å². The molecule has 2 aromatic carbocycles. The van der Waals surface area contributed by atoms with E-state index in [2.05, 4.69) is 5.32 Å². The van der Waals surface area contributed by atoms with Gasteiger partial charge in [0.05, 0.1) is 41.5 Å². The van der Waals surface area contributed by atoms with Gasteiger partial charge in [-0.15, -0.1) is 0 Å². The second-order valence-corrected chi connectivity index (χ2v) is 12.5. The van der Waals surface area contributed by atoms with Crippen molar-refractivity contribution in [1.29, 1.82) is 0 Å². The number of hydrogen-bond donors (Lipinski definition) is 1. The maximum atomic E-state index is 15.7. The fourth-order valence-electron chi connectivity index (χ4n) is 6.49. The Labute approximate surface area is 274 Å². The third-order valence-electron chi connectivity index (χ3n) is 8.87. The summed E-state index contributed by atoms with van der Waals surface area (Å²) in [6, 6.07) is 10.0. The summed E-state index contributed by atoms with van der Waals surface area (Å²) in [6.45, 7) is 5.58. The predicted octanol–water partition coefficient (Wildman–Crippen LogP) is 6.65. The smallest absolute Gasteiger partial charge is 0.308 e. The van der Waals surface area contributed by atoms with Crippen LogP contribution in [0.1, 0.15) is 74.7 Å². The van der Waals surface area contributed by atoms with E-state index in [1.165, 1.54) is 6.07 Å². The fourth-order valence-corrected chi connectivity index (χ4v) is 6.73. The van der Waals surface area contributed by atoms with Gasteiger partial charge in [-0.05, 0) is 75.6 Å². The highest BCUT2D eigenvalue weighted by molar-refractivity contribution is 6.34. The van der Waals surface area contributed by atoms with E-state index in [4.69, 9.17) is 25.8 Å². The van der Waals surface area contributed by atoms with Crippen LogP contribution < -0.4 is 5.32 Å². The third-order valence-corrected chi connectivity index (χ3v) is 9.19. The molecule has 1 unspecified atom stereocenters. The molecule has 3 aromatic rings. The molecule has 1 aliphatic heterocycles. The lowest BCUT2D eigenvalue weighted by molar-refractivity contribution is -0.311. The van der Waals surface area contributed by atoms with Crippen molar-refractivity contribution in [3.05, 3.63) is 64.6 Å². The Morgan fingerprint density at radius 3 is 2.48 bits per heavy atom. The molecule has 1 atom stereocenters. The number of carbonyl (C=O) groups excluding carboxylic acids is 3. The molecule has 2 fully saturated rings. The van der Waals surface area contributed by atoms with Crippen molar-refractivity contribution in [2.24, 2.45) is 13.0 Å². The zero-order valence-electron chi connectivity index (χ0n) is 26.8. The van der Waals surface area contributed by atoms with E-state index >= 15 is 4.39 Å². The van der Waals surface area contributed by atoms with Crippen molar-refractivity contribution < 1.29 is 33.0 Å². The molecule has 2 aliphatic rings. The number of benzene rings is 2. The fraction of sp³-hybridized carbons (Fsp3) is 0.514. The first kappa shape index (κ1) is 34.0. The molecule has 1 saturated carbocycles. The summed E-state index contributed by atoms with van der Waals surface area (Å²) in [6.07, 6.45) is 5.86. The molecule has 46 heavy (non-hydrogen) atoms. The number of amides is 1. The quantitative estimate of drug-likeness (QED) is 0.163. The molecule has 1 amide bonds. The molecule has 1 aromatic heterocycles. The van der Waals surface area contributed by atoms with Crippen LogP contribution in [-0.4, -0.2) is 65.4 Å². The molecular weight excluding hydrogens is 613 g/mol. The van der Waals surface area contributed by atoms with Crippen LogP contribution in [0.25, 0.3) is 10.9 Å². The second-order valence-electron chi connectivity index (χ2n) is 12.1. The predicted molar refractivity (Wildman–Crippen MR) is 174 cm³/mol. The highest BCUT2D eigenvalue weighted by Gasteiger charge is 2.49. The number of Topliss-reactive ketones (excluding diaryl/α,β-unsaturated/α-hetero) is 1. The number of aromatic nitrogens is 1. The van der Waals surface area contributed by atoms with Crippen LogP contribution in [0, 0.1) is 11.7 Å². The van der Waals surface area contributed by atoms with E-state index < -0.39 is 23.4 Å². The average molecular weight is 656 g/mol. The van der Waals surface area contributed by atoms with Crippen molar-refractivity contribution in [1.82, 2.24) is 9.47 Å². The number of hydrogen-bond acceptors (Lipinski definition) is 7. The summed E-state index contributed by atoms with van der Waals surface area (Å²) < 4.78 is 35.6. The zero-order valence-corrected chi connectivity index (χ0v) is 27.5. The van der Waals surface area contributed by atoms with Crippen molar-refractivity contribution in [2.45, 2.75) is 77.2 Å². The molecular formula is C35H43ClFN3O6. The number of ketones is 1. The van der Waals surface area contributed by atoms with Gasteiger partial charge in [0.2, 0.25) is 5.78 Å². The Morgan fingerprint density at radius 2 is 1.78 bits per heavy atom. The van der Waals surface area contributed by atoms with Gasteiger partial charge in [0, 0.05) is 43.7 Å². The second kappa shape index (κ2) is 15.1. The summed E-state index contributed by atoms with van der Waals surface area (Å²) in [5.74, 6) is -3.59. The lowest BCUT2D eigenvalue weighted by Crippen LogP contribution is -2.60. The minimum Gasteiger partial charge on any atom is -0.466 e. The number of para-hydroxylation sites is 1. The molecule has 11 heteroatoms. The summed E-state index contributed by atoms with van der Waals surface area (Å²) in [7, 11) is 1.85. The lowest BCUT2D eigenvalue weighted by Gasteiger charge is -2.43. The Kier molecular flexibility index (Phi) is 11.1. The van der Waals surface area contributed by atoms with E-state index in [9.17, 15) is 14.4 Å². The number of carbonyl (C=O) groups is 3. The number of ether oxygens (including phenoxy) is 3. The van der Waals surface area contributed by atoms with Gasteiger partial charge in [0.25, 0.3) is 11.8 Å². The molecule has 0 bridgehead atoms. The Morgan fingerprint density at radius 1 is 1.07 bits per heavy atom. The number of fused-ring (bicyclic) bond motifs is 1. The molecule has 0 spiro atoms. The Balaban J connectivity index is 1.35. The van der Waals surface area contributed by atoms with Gasteiger partial charge < -0.3 is 24.1 Å². The number of anilines is 1. The highest BCUT2D eigenvalue weighted by atomic mass is 35.5. The van der Waals surface area contributed by atoms with Gasteiger partial charge in [0.1, 0.15) is 5.82 Å². The van der Waals surface area contributed by atoms with E-state index in [0.717, 1.165) is 29.8 Å². The molecule has 1 N–H and O–H groups in total. The number of nitrogens with zero attached hydrogens (tertiary/aromatic N) is 2. The summed E-state index contributed by atoms with van der Waals surface area (Å²) in [5, 5.41) is 3.60. The first-order valence-electron chi connectivity index (χ1n) is 16.3. The molecule has 5 rings (SSSR count). The maximum absolute atomic E-state index is 15.7. The topological polar surface area (TPSA) is 99.1 Å². The number of halogens is 2. The standard InChI is InChI=1S/C35H43ClFN3O6/c1-4-18-45-35(40-16-8-9-17-40,46-25-14-12-23(13-15-25)34(43)44-5-2)32(41)20-24-19-28(36)30(21-29(24)37)38-33(42)27-22-39(3)31-11-7-6-10-26(27)31/h6-7,10-11,19,21-23,25H,4-5,8-9,12-18,20H2,1-3H3,(H,38,42). The van der Waals surface area contributed by atoms with E-state index in [1.807, 2.05) is 47.7 Å². The Hall–Kier alpha value is -3.31. The Bertz CT molecular complexity index is 1560. The molecule has 2 heterocycles. The molecule has 0 radical (unpaired) electrons. The van der Waals surface area contributed by atoms with Crippen LogP contribution >= 0.6 is 11.6 Å². The van der Waals surface area contributed by atoms with Gasteiger partial charge in [0.15, 0.2) is 0 Å². The summed E-state index contributed by atoms with van der Waals surface area (Å²) >= 11 is 6.57. The van der Waals surface area contributed by atoms with Gasteiger partial charge in [-0.25, -0.2) is 9.29 Å². The summed E-state index contributed by atoms with van der Waals surface area (Å²) in [5.41, 5.74) is 1.51. The van der Waals surface area contributed by atoms with E-state index in [0.29, 0.717) is 57.4 Å². The van der Waals surface area contributed by atoms with E-state index in [1.54, 1.807) is 13.1 Å². The zero-order chi connectivity index (χ0) is 32.8. The number of likely N-dealkylation sites (tertiary alicyclic amines) is 1. The van der Waals surface area contributed by atoms with Crippen molar-refractivity contribution >= 4 is 45.9 Å². The maximum Gasteiger partial charge on any atom is 0.308 e. The van der Waals surface area contributed by atoms with Crippen molar-refractivity contribution in [3.8, 4) is 0 Å². The lowest BCUT2D eigenvalue weighted by atomic mass is 9.87. The molecule has 248 valence electrons. The third kappa shape index (κ3) is 7.30. The normalized spacial score (nSPS) is 20.0. The number of rotatable bonds is 13. The minimum absolute atomic E-state index is 0.0800. The number of esters is 1. The van der Waals surface area contributed by atoms with Crippen LogP contribution in [0.4, 0.5) is 10.1 Å². The minimum atomic E-state index is -1.69. The largest absolute Gasteiger partial charge is 0.466 e. The van der Waals surface area contributed by atoms with Crippen LogP contribution in [0.2, 0.25) is 5.02 Å². The first-order chi connectivity index (χ1) is 22.2. The number of aryl methyl sites for hydroxylation is 1. The molecule has 9 nitrogen and oxygen atoms in total.